The van der Waals surface area contributed by atoms with Gasteiger partial charge in [-0.1, -0.05) is 23.7 Å². The average molecular weight is 532 g/mol. The molecule has 0 amide bonds. The lowest BCUT2D eigenvalue weighted by atomic mass is 9.96. The first kappa shape index (κ1) is 26.5. The minimum Gasteiger partial charge on any atom is -0.491 e. The fourth-order valence-electron chi connectivity index (χ4n) is 3.59. The number of oxazole rings is 1. The van der Waals surface area contributed by atoms with Crippen LogP contribution in [-0.2, 0) is 6.61 Å². The van der Waals surface area contributed by atoms with Gasteiger partial charge in [0.1, 0.15) is 60.0 Å². The van der Waals surface area contributed by atoms with Gasteiger partial charge in [0.15, 0.2) is 0 Å². The second kappa shape index (κ2) is 12.6. The van der Waals surface area contributed by atoms with Crippen LogP contribution in [0.25, 0.3) is 22.6 Å². The maximum absolute atomic E-state index is 10.1. The Morgan fingerprint density at radius 1 is 0.895 bits per heavy atom. The number of rotatable bonds is 11. The highest BCUT2D eigenvalue weighted by atomic mass is 35.5. The van der Waals surface area contributed by atoms with Gasteiger partial charge in [-0.2, -0.15) is 15.5 Å². The predicted octanol–water partition coefficient (Wildman–Crippen LogP) is 4.15. The van der Waals surface area contributed by atoms with Gasteiger partial charge >= 0.3 is 0 Å². The second-order valence-electron chi connectivity index (χ2n) is 7.80. The minimum absolute atomic E-state index is 0.0152. The van der Waals surface area contributed by atoms with Gasteiger partial charge in [-0.05, 0) is 42.0 Å². The van der Waals surface area contributed by atoms with Crippen LogP contribution in [0.4, 0.5) is 5.82 Å². The third-order valence-electron chi connectivity index (χ3n) is 5.29. The van der Waals surface area contributed by atoms with Crippen molar-refractivity contribution in [3.63, 3.8) is 0 Å². The van der Waals surface area contributed by atoms with Crippen LogP contribution in [0.2, 0.25) is 5.02 Å². The average Bonchev–Trinajstić information content (AvgIpc) is 3.43. The SMILES string of the molecule is N#Cc1c(NCCO)nc(OCc2coc(-c3ccc(Cl)cc3)n2)c(C#N)c1-c1ccc(OCCO)cc1. The Balaban J connectivity index is 1.69. The van der Waals surface area contributed by atoms with Crippen molar-refractivity contribution in [1.29, 1.82) is 10.5 Å². The van der Waals surface area contributed by atoms with Crippen LogP contribution in [0.5, 0.6) is 11.6 Å². The number of halogens is 1. The van der Waals surface area contributed by atoms with Gasteiger partial charge in [0.05, 0.1) is 13.2 Å². The number of hydrogen-bond donors (Lipinski definition) is 3. The van der Waals surface area contributed by atoms with Gasteiger partial charge in [0.2, 0.25) is 11.8 Å². The Morgan fingerprint density at radius 3 is 2.26 bits per heavy atom. The third-order valence-corrected chi connectivity index (χ3v) is 5.55. The van der Waals surface area contributed by atoms with Gasteiger partial charge in [-0.3, -0.25) is 0 Å². The molecule has 0 aliphatic carbocycles. The second-order valence-corrected chi connectivity index (χ2v) is 8.24. The highest BCUT2D eigenvalue weighted by molar-refractivity contribution is 6.30. The molecule has 0 bridgehead atoms. The Labute approximate surface area is 223 Å². The molecule has 0 aliphatic rings. The topological polar surface area (TPSA) is 157 Å². The first-order chi connectivity index (χ1) is 18.6. The summed E-state index contributed by atoms with van der Waals surface area (Å²) >= 11 is 5.94. The van der Waals surface area contributed by atoms with E-state index in [1.807, 2.05) is 0 Å². The van der Waals surface area contributed by atoms with Crippen LogP contribution in [0.1, 0.15) is 16.8 Å². The van der Waals surface area contributed by atoms with Crippen LogP contribution in [-0.4, -0.2) is 46.5 Å². The molecule has 2 aromatic carbocycles. The first-order valence-electron chi connectivity index (χ1n) is 11.5. The fraction of sp³-hybridized carbons (Fsp3) is 0.185. The van der Waals surface area contributed by atoms with E-state index >= 15 is 0 Å². The maximum atomic E-state index is 10.1. The lowest BCUT2D eigenvalue weighted by Gasteiger charge is -2.16. The summed E-state index contributed by atoms with van der Waals surface area (Å²) in [6.45, 7) is -0.111. The number of pyridine rings is 1. The lowest BCUT2D eigenvalue weighted by Crippen LogP contribution is -2.12. The minimum atomic E-state index is -0.193. The largest absolute Gasteiger partial charge is 0.491 e. The van der Waals surface area contributed by atoms with E-state index in [4.69, 9.17) is 30.6 Å². The Kier molecular flexibility index (Phi) is 8.75. The molecule has 0 unspecified atom stereocenters. The number of ether oxygens (including phenoxy) is 2. The van der Waals surface area contributed by atoms with Crippen LogP contribution in [0.15, 0.2) is 59.2 Å². The molecule has 0 saturated heterocycles. The van der Waals surface area contributed by atoms with Crippen molar-refractivity contribution in [2.75, 3.05) is 31.7 Å². The quantitative estimate of drug-likeness (QED) is 0.256. The van der Waals surface area contributed by atoms with Gasteiger partial charge in [-0.15, -0.1) is 0 Å². The summed E-state index contributed by atoms with van der Waals surface area (Å²) in [5.41, 5.74) is 2.25. The molecule has 0 fully saturated rings. The number of nitrogens with zero attached hydrogens (tertiary/aromatic N) is 4. The maximum Gasteiger partial charge on any atom is 0.234 e. The number of aliphatic hydroxyl groups excluding tert-OH is 2. The zero-order valence-corrected chi connectivity index (χ0v) is 20.8. The Morgan fingerprint density at radius 2 is 1.61 bits per heavy atom. The number of nitriles is 2. The number of nitrogens with one attached hydrogen (secondary N) is 1. The van der Waals surface area contributed by atoms with E-state index in [0.29, 0.717) is 33.5 Å². The van der Waals surface area contributed by atoms with E-state index in [1.54, 1.807) is 48.5 Å². The summed E-state index contributed by atoms with van der Waals surface area (Å²) in [6, 6.07) is 17.9. The Hall–Kier alpha value is -4.61. The van der Waals surface area contributed by atoms with Crippen molar-refractivity contribution in [3.05, 3.63) is 76.6 Å². The molecule has 0 aliphatic heterocycles. The standard InChI is InChI=1S/C27H22ClN5O5/c28-19-5-1-18(2-6-19)26-32-20(15-37-26)16-38-27-23(14-30)24(22(13-29)25(33-27)31-9-10-34)17-3-7-21(8-4-17)36-12-11-35/h1-8,15,34-35H,9-12,16H2,(H,31,33). The molecule has 4 rings (SSSR count). The molecule has 0 atom stereocenters. The van der Waals surface area contributed by atoms with Crippen molar-refractivity contribution in [3.8, 4) is 46.3 Å². The normalized spacial score (nSPS) is 10.4. The van der Waals surface area contributed by atoms with Crippen LogP contribution in [0.3, 0.4) is 0 Å². The van der Waals surface area contributed by atoms with Crippen LogP contribution < -0.4 is 14.8 Å². The monoisotopic (exact) mass is 531 g/mol. The number of benzene rings is 2. The van der Waals surface area contributed by atoms with Gasteiger partial charge in [-0.25, -0.2) is 4.98 Å². The van der Waals surface area contributed by atoms with Crippen molar-refractivity contribution >= 4 is 17.4 Å². The summed E-state index contributed by atoms with van der Waals surface area (Å²) in [7, 11) is 0. The summed E-state index contributed by atoms with van der Waals surface area (Å²) in [4.78, 5) is 8.79. The van der Waals surface area contributed by atoms with Crippen molar-refractivity contribution in [2.24, 2.45) is 0 Å². The lowest BCUT2D eigenvalue weighted by molar-refractivity contribution is 0.201. The van der Waals surface area contributed by atoms with Gasteiger partial charge < -0.3 is 29.4 Å². The zero-order valence-electron chi connectivity index (χ0n) is 20.0. The van der Waals surface area contributed by atoms with Crippen molar-refractivity contribution in [2.45, 2.75) is 6.61 Å². The molecular weight excluding hydrogens is 510 g/mol. The number of anilines is 1. The molecular formula is C27H22ClN5O5. The van der Waals surface area contributed by atoms with Crippen LogP contribution >= 0.6 is 11.6 Å². The van der Waals surface area contributed by atoms with Gasteiger partial charge in [0.25, 0.3) is 0 Å². The van der Waals surface area contributed by atoms with Gasteiger partial charge in [0, 0.05) is 22.7 Å². The molecule has 2 heterocycles. The number of hydrogen-bond acceptors (Lipinski definition) is 10. The third kappa shape index (κ3) is 6.02. The summed E-state index contributed by atoms with van der Waals surface area (Å²) < 4.78 is 16.9. The molecule has 0 spiro atoms. The molecule has 4 aromatic rings. The highest BCUT2D eigenvalue weighted by Crippen LogP contribution is 2.37. The van der Waals surface area contributed by atoms with E-state index in [-0.39, 0.29) is 55.8 Å². The molecule has 11 heteroatoms. The first-order valence-corrected chi connectivity index (χ1v) is 11.9. The molecule has 0 radical (unpaired) electrons. The zero-order chi connectivity index (χ0) is 26.9. The predicted molar refractivity (Wildman–Crippen MR) is 139 cm³/mol. The summed E-state index contributed by atoms with van der Waals surface area (Å²) in [6.07, 6.45) is 1.44. The van der Waals surface area contributed by atoms with E-state index in [9.17, 15) is 15.6 Å². The van der Waals surface area contributed by atoms with Crippen molar-refractivity contribution in [1.82, 2.24) is 9.97 Å². The summed E-state index contributed by atoms with van der Waals surface area (Å²) in [5.74, 6) is 1.04. The number of aliphatic hydroxyl groups is 2. The number of aromatic nitrogens is 2. The molecule has 3 N–H and O–H groups in total. The van der Waals surface area contributed by atoms with E-state index in [0.717, 1.165) is 5.56 Å². The van der Waals surface area contributed by atoms with E-state index < -0.39 is 0 Å². The molecule has 38 heavy (non-hydrogen) atoms. The van der Waals surface area contributed by atoms with Crippen molar-refractivity contribution < 1.29 is 24.1 Å². The smallest absolute Gasteiger partial charge is 0.234 e. The molecule has 2 aromatic heterocycles. The summed E-state index contributed by atoms with van der Waals surface area (Å²) in [5, 5.41) is 41.8. The molecule has 0 saturated carbocycles. The van der Waals surface area contributed by atoms with Crippen LogP contribution in [0, 0.1) is 22.7 Å². The highest BCUT2D eigenvalue weighted by Gasteiger charge is 2.23. The van der Waals surface area contributed by atoms with E-state index in [2.05, 4.69) is 27.4 Å². The molecule has 192 valence electrons. The molecule has 10 nitrogen and oxygen atoms in total. The Bertz CT molecular complexity index is 1470. The van der Waals surface area contributed by atoms with E-state index in [1.165, 1.54) is 6.26 Å². The fourth-order valence-corrected chi connectivity index (χ4v) is 3.72.